The lowest BCUT2D eigenvalue weighted by molar-refractivity contribution is 0.152. The summed E-state index contributed by atoms with van der Waals surface area (Å²) in [5, 5.41) is 1.31. The summed E-state index contributed by atoms with van der Waals surface area (Å²) in [4.78, 5) is 2.28. The number of nitrogens with two attached hydrogens (primary N) is 1. The monoisotopic (exact) mass is 288 g/mol. The summed E-state index contributed by atoms with van der Waals surface area (Å²) in [6, 6.07) is 6.20. The van der Waals surface area contributed by atoms with Gasteiger partial charge in [-0.05, 0) is 43.7 Å². The maximum absolute atomic E-state index is 6.05. The minimum Gasteiger partial charge on any atom is -0.329 e. The van der Waals surface area contributed by atoms with Crippen LogP contribution in [0.2, 0.25) is 10.0 Å². The van der Waals surface area contributed by atoms with Crippen LogP contribution >= 0.6 is 23.2 Å². The summed E-state index contributed by atoms with van der Waals surface area (Å²) < 4.78 is 0. The quantitative estimate of drug-likeness (QED) is 0.888. The minimum atomic E-state index is 0.138. The number of benzene rings is 1. The molecular weight excluding hydrogens is 267 g/mol. The average molecular weight is 289 g/mol. The van der Waals surface area contributed by atoms with Crippen LogP contribution in [0.15, 0.2) is 18.2 Å². The third-order valence-electron chi connectivity index (χ3n) is 3.59. The fourth-order valence-electron chi connectivity index (χ4n) is 2.06. The van der Waals surface area contributed by atoms with Gasteiger partial charge >= 0.3 is 0 Å². The van der Waals surface area contributed by atoms with Crippen molar-refractivity contribution in [2.45, 2.75) is 32.9 Å². The molecular formula is C14H22Cl2N2. The molecule has 1 rings (SSSR count). The molecule has 0 aliphatic rings. The predicted molar refractivity (Wildman–Crippen MR) is 80.3 cm³/mol. The van der Waals surface area contributed by atoms with Crippen molar-refractivity contribution in [2.24, 2.45) is 11.7 Å². The molecule has 0 fully saturated rings. The van der Waals surface area contributed by atoms with E-state index >= 15 is 0 Å². The third-order valence-corrected chi connectivity index (χ3v) is 4.03. The van der Waals surface area contributed by atoms with Crippen molar-refractivity contribution in [2.75, 3.05) is 13.6 Å². The van der Waals surface area contributed by atoms with Gasteiger partial charge in [-0.15, -0.1) is 0 Å². The van der Waals surface area contributed by atoms with Gasteiger partial charge in [-0.2, -0.15) is 0 Å². The topological polar surface area (TPSA) is 29.3 Å². The number of rotatable bonds is 5. The number of hydrogen-bond acceptors (Lipinski definition) is 2. The summed E-state index contributed by atoms with van der Waals surface area (Å²) in [7, 11) is 2.09. The molecule has 2 atom stereocenters. The van der Waals surface area contributed by atoms with Gasteiger partial charge in [0.15, 0.2) is 0 Å². The van der Waals surface area contributed by atoms with Gasteiger partial charge in [-0.1, -0.05) is 37.0 Å². The lowest BCUT2D eigenvalue weighted by atomic mass is 9.99. The Bertz CT molecular complexity index is 373. The lowest BCUT2D eigenvalue weighted by Crippen LogP contribution is -2.39. The van der Waals surface area contributed by atoms with E-state index in [0.717, 1.165) is 5.56 Å². The Balaban J connectivity index is 3.01. The first-order chi connectivity index (χ1) is 8.36. The zero-order valence-electron chi connectivity index (χ0n) is 11.5. The van der Waals surface area contributed by atoms with E-state index in [4.69, 9.17) is 28.9 Å². The van der Waals surface area contributed by atoms with E-state index in [-0.39, 0.29) is 6.04 Å². The molecule has 2 N–H and O–H groups in total. The van der Waals surface area contributed by atoms with E-state index in [1.54, 1.807) is 6.07 Å². The summed E-state index contributed by atoms with van der Waals surface area (Å²) in [6.45, 7) is 7.17. The number of nitrogens with zero attached hydrogens (tertiary/aromatic N) is 1. The Morgan fingerprint density at radius 3 is 2.00 bits per heavy atom. The van der Waals surface area contributed by atoms with Gasteiger partial charge in [0, 0.05) is 28.7 Å². The first-order valence-electron chi connectivity index (χ1n) is 6.24. The highest BCUT2D eigenvalue weighted by Gasteiger charge is 2.22. The molecule has 18 heavy (non-hydrogen) atoms. The van der Waals surface area contributed by atoms with Crippen molar-refractivity contribution in [3.63, 3.8) is 0 Å². The highest BCUT2D eigenvalue weighted by molar-refractivity contribution is 6.34. The van der Waals surface area contributed by atoms with Gasteiger partial charge in [-0.3, -0.25) is 4.90 Å². The van der Waals surface area contributed by atoms with Crippen LogP contribution < -0.4 is 5.73 Å². The highest BCUT2D eigenvalue weighted by Crippen LogP contribution is 2.28. The predicted octanol–water partition coefficient (Wildman–Crippen LogP) is 3.97. The fraction of sp³-hybridized carbons (Fsp3) is 0.571. The van der Waals surface area contributed by atoms with E-state index in [1.807, 2.05) is 12.1 Å². The maximum atomic E-state index is 6.05. The van der Waals surface area contributed by atoms with Gasteiger partial charge in [0.05, 0.1) is 0 Å². The summed E-state index contributed by atoms with van der Waals surface area (Å²) >= 11 is 12.1. The lowest BCUT2D eigenvalue weighted by Gasteiger charge is -2.35. The van der Waals surface area contributed by atoms with Crippen LogP contribution in [0.5, 0.6) is 0 Å². The summed E-state index contributed by atoms with van der Waals surface area (Å²) in [5.41, 5.74) is 6.99. The van der Waals surface area contributed by atoms with Crippen molar-refractivity contribution in [1.82, 2.24) is 4.90 Å². The molecule has 0 radical (unpaired) electrons. The molecule has 2 unspecified atom stereocenters. The van der Waals surface area contributed by atoms with Crippen molar-refractivity contribution >= 4 is 23.2 Å². The summed E-state index contributed by atoms with van der Waals surface area (Å²) in [5.74, 6) is 0.568. The van der Waals surface area contributed by atoms with Crippen LogP contribution in [0, 0.1) is 5.92 Å². The molecule has 0 aliphatic heterocycles. The molecule has 1 aromatic rings. The molecule has 0 saturated heterocycles. The van der Waals surface area contributed by atoms with E-state index in [1.165, 1.54) is 0 Å². The standard InChI is InChI=1S/C14H22Cl2N2/c1-9(2)10(3)18(4)14(8-17)11-5-12(15)7-13(16)6-11/h5-7,9-10,14H,8,17H2,1-4H3. The largest absolute Gasteiger partial charge is 0.329 e. The van der Waals surface area contributed by atoms with Gasteiger partial charge in [0.2, 0.25) is 0 Å². The molecule has 0 heterocycles. The third kappa shape index (κ3) is 3.86. The number of likely N-dealkylation sites (N-methyl/N-ethyl adjacent to an activating group) is 1. The number of halogens is 2. The van der Waals surface area contributed by atoms with Gasteiger partial charge < -0.3 is 5.73 Å². The molecule has 4 heteroatoms. The van der Waals surface area contributed by atoms with Gasteiger partial charge in [0.1, 0.15) is 0 Å². The van der Waals surface area contributed by atoms with E-state index in [9.17, 15) is 0 Å². The van der Waals surface area contributed by atoms with Crippen molar-refractivity contribution in [1.29, 1.82) is 0 Å². The second kappa shape index (κ2) is 6.76. The Labute approximate surface area is 120 Å². The Morgan fingerprint density at radius 1 is 1.11 bits per heavy atom. The van der Waals surface area contributed by atoms with Gasteiger partial charge in [0.25, 0.3) is 0 Å². The first-order valence-corrected chi connectivity index (χ1v) is 7.00. The smallest absolute Gasteiger partial charge is 0.0471 e. The van der Waals surface area contributed by atoms with Crippen LogP contribution in [0.25, 0.3) is 0 Å². The highest BCUT2D eigenvalue weighted by atomic mass is 35.5. The second-order valence-corrected chi connectivity index (χ2v) is 5.98. The minimum absolute atomic E-state index is 0.138. The van der Waals surface area contributed by atoms with E-state index < -0.39 is 0 Å². The fourth-order valence-corrected chi connectivity index (χ4v) is 2.60. The molecule has 1 aromatic carbocycles. The second-order valence-electron chi connectivity index (χ2n) is 5.10. The zero-order chi connectivity index (χ0) is 13.9. The number of hydrogen-bond donors (Lipinski definition) is 1. The molecule has 0 aromatic heterocycles. The van der Waals surface area contributed by atoms with Crippen LogP contribution in [0.1, 0.15) is 32.4 Å². The van der Waals surface area contributed by atoms with Crippen LogP contribution in [-0.2, 0) is 0 Å². The molecule has 0 saturated carbocycles. The van der Waals surface area contributed by atoms with Crippen LogP contribution in [0.3, 0.4) is 0 Å². The molecule has 102 valence electrons. The Kier molecular flexibility index (Phi) is 5.93. The van der Waals surface area contributed by atoms with Crippen molar-refractivity contribution in [3.8, 4) is 0 Å². The average Bonchev–Trinajstić information content (AvgIpc) is 2.27. The summed E-state index contributed by atoms with van der Waals surface area (Å²) in [6.07, 6.45) is 0. The first kappa shape index (κ1) is 15.8. The maximum Gasteiger partial charge on any atom is 0.0471 e. The molecule has 0 aliphatic carbocycles. The van der Waals surface area contributed by atoms with Crippen molar-refractivity contribution < 1.29 is 0 Å². The molecule has 0 spiro atoms. The molecule has 0 amide bonds. The molecule has 2 nitrogen and oxygen atoms in total. The molecule has 0 bridgehead atoms. The van der Waals surface area contributed by atoms with Crippen LogP contribution in [0.4, 0.5) is 0 Å². The Hall–Kier alpha value is -0.280. The van der Waals surface area contributed by atoms with E-state index in [2.05, 4.69) is 32.7 Å². The van der Waals surface area contributed by atoms with Gasteiger partial charge in [-0.25, -0.2) is 0 Å². The zero-order valence-corrected chi connectivity index (χ0v) is 13.0. The SMILES string of the molecule is CC(C)C(C)N(C)C(CN)c1cc(Cl)cc(Cl)c1. The van der Waals surface area contributed by atoms with Crippen LogP contribution in [-0.4, -0.2) is 24.5 Å². The normalized spacial score (nSPS) is 15.2. The Morgan fingerprint density at radius 2 is 1.61 bits per heavy atom. The van der Waals surface area contributed by atoms with E-state index in [0.29, 0.717) is 28.5 Å². The van der Waals surface area contributed by atoms with Crippen molar-refractivity contribution in [3.05, 3.63) is 33.8 Å².